The average molecular weight is 382 g/mol. The number of hydrogen-bond acceptors (Lipinski definition) is 7. The van der Waals surface area contributed by atoms with Crippen molar-refractivity contribution in [2.75, 3.05) is 0 Å². The maximum absolute atomic E-state index is 12.9. The maximum Gasteiger partial charge on any atom is 0.290 e. The first-order valence-electron chi connectivity index (χ1n) is 8.49. The minimum atomic E-state index is -1.04. The van der Waals surface area contributed by atoms with E-state index in [1.165, 1.54) is 18.3 Å². The molecule has 0 saturated carbocycles. The molecule has 0 radical (unpaired) electrons. The number of carbonyl (C=O) groups is 5. The second-order valence-electron chi connectivity index (χ2n) is 6.35. The first-order valence-corrected chi connectivity index (χ1v) is 8.49. The van der Waals surface area contributed by atoms with Gasteiger partial charge in [0.1, 0.15) is 6.04 Å². The topological polar surface area (TPSA) is 139 Å². The van der Waals surface area contributed by atoms with Crippen LogP contribution in [0.1, 0.15) is 49.7 Å². The van der Waals surface area contributed by atoms with Crippen molar-refractivity contribution in [3.05, 3.63) is 52.9 Å². The van der Waals surface area contributed by atoms with Crippen LogP contribution in [-0.4, -0.2) is 45.6 Å². The van der Waals surface area contributed by atoms with Crippen molar-refractivity contribution in [1.29, 1.82) is 0 Å². The maximum atomic E-state index is 12.9. The highest BCUT2D eigenvalue weighted by molar-refractivity contribution is 6.24. The Morgan fingerprint density at radius 2 is 2.04 bits per heavy atom. The van der Waals surface area contributed by atoms with E-state index in [0.29, 0.717) is 5.56 Å². The number of nitrogens with zero attached hydrogens (tertiary/aromatic N) is 2. The molecule has 1 aromatic heterocycles. The fraction of sp³-hybridized carbons (Fsp3) is 0.222. The third kappa shape index (κ3) is 2.84. The fourth-order valence-electron chi connectivity index (χ4n) is 3.33. The third-order valence-corrected chi connectivity index (χ3v) is 4.66. The lowest BCUT2D eigenvalue weighted by Crippen LogP contribution is -2.54. The molecule has 3 heterocycles. The summed E-state index contributed by atoms with van der Waals surface area (Å²) in [6, 6.07) is 5.04. The molecule has 1 saturated heterocycles. The van der Waals surface area contributed by atoms with Crippen molar-refractivity contribution in [3.8, 4) is 0 Å². The summed E-state index contributed by atoms with van der Waals surface area (Å²) < 4.78 is 4.77. The Labute approximate surface area is 157 Å². The van der Waals surface area contributed by atoms with Crippen molar-refractivity contribution in [2.24, 2.45) is 0 Å². The molecule has 1 aromatic carbocycles. The van der Waals surface area contributed by atoms with Gasteiger partial charge < -0.3 is 9.84 Å². The molecular formula is C18H14N4O6. The summed E-state index contributed by atoms with van der Waals surface area (Å²) in [6.07, 6.45) is 1.45. The Hall–Kier alpha value is -3.82. The molecule has 2 aromatic rings. The predicted molar refractivity (Wildman–Crippen MR) is 90.8 cm³/mol. The Morgan fingerprint density at radius 1 is 1.21 bits per heavy atom. The molecule has 1 atom stereocenters. The molecule has 2 aliphatic rings. The van der Waals surface area contributed by atoms with E-state index in [9.17, 15) is 24.0 Å². The van der Waals surface area contributed by atoms with Gasteiger partial charge >= 0.3 is 0 Å². The molecule has 28 heavy (non-hydrogen) atoms. The standard InChI is InChI=1S/C18H14N4O6/c23-13-5-4-11(15(24)21-13)22-17(26)10-3-1-2-9(14(10)18(22)27)8-19-16(25)12-6-7-20-28-12/h1-3,6-7,11H,4-5,8H2,(H,19,25)(H,21,23,24). The van der Waals surface area contributed by atoms with Crippen LogP contribution in [0.2, 0.25) is 0 Å². The van der Waals surface area contributed by atoms with Gasteiger partial charge in [-0.25, -0.2) is 0 Å². The second kappa shape index (κ2) is 6.72. The number of nitrogens with one attached hydrogen (secondary N) is 2. The van der Waals surface area contributed by atoms with Crippen LogP contribution in [-0.2, 0) is 16.1 Å². The molecule has 1 fully saturated rings. The van der Waals surface area contributed by atoms with Gasteiger partial charge in [-0.2, -0.15) is 0 Å². The summed E-state index contributed by atoms with van der Waals surface area (Å²) >= 11 is 0. The third-order valence-electron chi connectivity index (χ3n) is 4.66. The zero-order valence-corrected chi connectivity index (χ0v) is 14.4. The molecule has 0 spiro atoms. The molecule has 0 bridgehead atoms. The monoisotopic (exact) mass is 382 g/mol. The smallest absolute Gasteiger partial charge is 0.290 e. The Bertz CT molecular complexity index is 1010. The molecule has 4 rings (SSSR count). The van der Waals surface area contributed by atoms with Gasteiger partial charge in [0.25, 0.3) is 17.7 Å². The van der Waals surface area contributed by atoms with Crippen molar-refractivity contribution in [2.45, 2.75) is 25.4 Å². The summed E-state index contributed by atoms with van der Waals surface area (Å²) in [5, 5.41) is 8.19. The second-order valence-corrected chi connectivity index (χ2v) is 6.35. The Kier molecular flexibility index (Phi) is 4.22. The van der Waals surface area contributed by atoms with Crippen LogP contribution in [0.4, 0.5) is 0 Å². The summed E-state index contributed by atoms with van der Waals surface area (Å²) in [7, 11) is 0. The largest absolute Gasteiger partial charge is 0.351 e. The van der Waals surface area contributed by atoms with E-state index < -0.39 is 35.6 Å². The zero-order chi connectivity index (χ0) is 19.8. The number of hydrogen-bond donors (Lipinski definition) is 2. The lowest BCUT2D eigenvalue weighted by atomic mass is 10.0. The fourth-order valence-corrected chi connectivity index (χ4v) is 3.33. The molecule has 2 aliphatic heterocycles. The molecular weight excluding hydrogens is 368 g/mol. The van der Waals surface area contributed by atoms with Gasteiger partial charge in [0, 0.05) is 19.0 Å². The molecule has 2 N–H and O–H groups in total. The van der Waals surface area contributed by atoms with Gasteiger partial charge in [0.05, 0.1) is 17.3 Å². The predicted octanol–water partition coefficient (Wildman–Crippen LogP) is 0.00580. The molecule has 1 unspecified atom stereocenters. The van der Waals surface area contributed by atoms with Crippen molar-refractivity contribution < 1.29 is 28.5 Å². The van der Waals surface area contributed by atoms with Gasteiger partial charge in [0.2, 0.25) is 17.6 Å². The van der Waals surface area contributed by atoms with Gasteiger partial charge in [-0.1, -0.05) is 17.3 Å². The van der Waals surface area contributed by atoms with E-state index in [1.807, 2.05) is 0 Å². The molecule has 142 valence electrons. The van der Waals surface area contributed by atoms with E-state index in [-0.39, 0.29) is 36.3 Å². The lowest BCUT2D eigenvalue weighted by molar-refractivity contribution is -0.136. The summed E-state index contributed by atoms with van der Waals surface area (Å²) in [5.74, 6) is -2.84. The number of piperidine rings is 1. The van der Waals surface area contributed by atoms with Crippen molar-refractivity contribution in [3.63, 3.8) is 0 Å². The van der Waals surface area contributed by atoms with E-state index in [0.717, 1.165) is 4.90 Å². The van der Waals surface area contributed by atoms with E-state index >= 15 is 0 Å². The number of fused-ring (bicyclic) bond motifs is 1. The molecule has 0 aliphatic carbocycles. The minimum Gasteiger partial charge on any atom is -0.351 e. The average Bonchev–Trinajstić information content (AvgIpc) is 3.29. The van der Waals surface area contributed by atoms with Gasteiger partial charge in [-0.15, -0.1) is 0 Å². The number of carbonyl (C=O) groups excluding carboxylic acids is 5. The highest BCUT2D eigenvalue weighted by Crippen LogP contribution is 2.29. The van der Waals surface area contributed by atoms with Gasteiger partial charge in [0.15, 0.2) is 0 Å². The summed E-state index contributed by atoms with van der Waals surface area (Å²) in [5.41, 5.74) is 0.717. The van der Waals surface area contributed by atoms with Gasteiger partial charge in [-0.3, -0.25) is 34.2 Å². The van der Waals surface area contributed by atoms with Crippen LogP contribution in [0, 0.1) is 0 Å². The van der Waals surface area contributed by atoms with Crippen LogP contribution < -0.4 is 10.6 Å². The van der Waals surface area contributed by atoms with E-state index in [1.54, 1.807) is 12.1 Å². The normalized spacial score (nSPS) is 18.9. The van der Waals surface area contributed by atoms with Crippen molar-refractivity contribution in [1.82, 2.24) is 20.7 Å². The summed E-state index contributed by atoms with van der Waals surface area (Å²) in [6.45, 7) is -0.0229. The highest BCUT2D eigenvalue weighted by Gasteiger charge is 2.45. The van der Waals surface area contributed by atoms with Crippen LogP contribution in [0.25, 0.3) is 0 Å². The minimum absolute atomic E-state index is 0.0140. The highest BCUT2D eigenvalue weighted by atomic mass is 16.5. The van der Waals surface area contributed by atoms with Gasteiger partial charge in [-0.05, 0) is 18.1 Å². The number of imide groups is 2. The molecule has 10 nitrogen and oxygen atoms in total. The first-order chi connectivity index (χ1) is 13.5. The lowest BCUT2D eigenvalue weighted by Gasteiger charge is -2.27. The Morgan fingerprint density at radius 3 is 2.75 bits per heavy atom. The van der Waals surface area contributed by atoms with E-state index in [4.69, 9.17) is 4.52 Å². The molecule has 10 heteroatoms. The number of aromatic nitrogens is 1. The van der Waals surface area contributed by atoms with E-state index in [2.05, 4.69) is 15.8 Å². The van der Waals surface area contributed by atoms with Crippen LogP contribution in [0.15, 0.2) is 35.0 Å². The Balaban J connectivity index is 1.58. The number of benzene rings is 1. The zero-order valence-electron chi connectivity index (χ0n) is 14.4. The summed E-state index contributed by atoms with van der Waals surface area (Å²) in [4.78, 5) is 62.0. The first kappa shape index (κ1) is 17.6. The van der Waals surface area contributed by atoms with Crippen molar-refractivity contribution >= 4 is 29.5 Å². The number of rotatable bonds is 4. The quantitative estimate of drug-likeness (QED) is 0.710. The van der Waals surface area contributed by atoms with Crippen LogP contribution >= 0.6 is 0 Å². The molecule has 5 amide bonds. The SMILES string of the molecule is O=C1CCC(N2C(=O)c3cccc(CNC(=O)c4ccno4)c3C2=O)C(=O)N1. The van der Waals surface area contributed by atoms with Crippen LogP contribution in [0.5, 0.6) is 0 Å². The van der Waals surface area contributed by atoms with Crippen LogP contribution in [0.3, 0.4) is 0 Å². The number of amides is 5.